The lowest BCUT2D eigenvalue weighted by Gasteiger charge is -2.26. The Morgan fingerprint density at radius 3 is 2.53 bits per heavy atom. The standard InChI is InChI=1S/C24H33N7O2S/c1-5-30(6-2)20-14-15-31(17-20)34(32,33)21-13-12-18(3)26-23(21)25-16-22-27-28-24(29(22)4)19-10-8-7-9-11-19/h7-13,20H,5-6,14-17H2,1-4H3,(H,25,26). The molecular weight excluding hydrogens is 450 g/mol. The molecule has 1 aliphatic rings. The number of hydrogen-bond donors (Lipinski definition) is 1. The predicted octanol–water partition coefficient (Wildman–Crippen LogP) is 2.90. The van der Waals surface area contributed by atoms with Crippen LogP contribution in [0.1, 0.15) is 31.8 Å². The molecule has 2 aromatic heterocycles. The summed E-state index contributed by atoms with van der Waals surface area (Å²) in [7, 11) is -1.78. The minimum Gasteiger partial charge on any atom is -0.362 e. The molecular formula is C24H33N7O2S. The van der Waals surface area contributed by atoms with E-state index in [2.05, 4.69) is 39.2 Å². The lowest BCUT2D eigenvalue weighted by Crippen LogP contribution is -2.38. The van der Waals surface area contributed by atoms with Crippen LogP contribution in [0.4, 0.5) is 5.82 Å². The van der Waals surface area contributed by atoms with Gasteiger partial charge in [0.2, 0.25) is 10.0 Å². The summed E-state index contributed by atoms with van der Waals surface area (Å²) in [6, 6.07) is 13.5. The Hall–Kier alpha value is -2.82. The Bertz CT molecular complexity index is 1220. The van der Waals surface area contributed by atoms with Gasteiger partial charge in [0.05, 0.1) is 6.54 Å². The Labute approximate surface area is 201 Å². The van der Waals surface area contributed by atoms with Crippen molar-refractivity contribution < 1.29 is 8.42 Å². The molecule has 1 atom stereocenters. The zero-order valence-corrected chi connectivity index (χ0v) is 21.1. The number of anilines is 1. The molecule has 1 N–H and O–H groups in total. The van der Waals surface area contributed by atoms with Crippen molar-refractivity contribution in [3.8, 4) is 11.4 Å². The van der Waals surface area contributed by atoms with Crippen LogP contribution < -0.4 is 5.32 Å². The molecule has 34 heavy (non-hydrogen) atoms. The van der Waals surface area contributed by atoms with Crippen molar-refractivity contribution in [3.63, 3.8) is 0 Å². The van der Waals surface area contributed by atoms with E-state index in [4.69, 9.17) is 0 Å². The van der Waals surface area contributed by atoms with Crippen LogP contribution in [0.2, 0.25) is 0 Å². The average molecular weight is 484 g/mol. The monoisotopic (exact) mass is 483 g/mol. The zero-order valence-electron chi connectivity index (χ0n) is 20.3. The molecule has 10 heteroatoms. The van der Waals surface area contributed by atoms with Crippen molar-refractivity contribution in [3.05, 3.63) is 54.0 Å². The van der Waals surface area contributed by atoms with E-state index in [9.17, 15) is 8.42 Å². The average Bonchev–Trinajstić information content (AvgIpc) is 3.47. The van der Waals surface area contributed by atoms with E-state index in [0.717, 1.165) is 36.6 Å². The molecule has 0 amide bonds. The van der Waals surface area contributed by atoms with Gasteiger partial charge < -0.3 is 9.88 Å². The predicted molar refractivity (Wildman–Crippen MR) is 133 cm³/mol. The first kappa shape index (κ1) is 24.3. The topological polar surface area (TPSA) is 96.2 Å². The fourth-order valence-electron chi connectivity index (χ4n) is 4.50. The minimum atomic E-state index is -3.68. The fraction of sp³-hybridized carbons (Fsp3) is 0.458. The van der Waals surface area contributed by atoms with Gasteiger partial charge in [0.25, 0.3) is 0 Å². The lowest BCUT2D eigenvalue weighted by molar-refractivity contribution is 0.224. The number of nitrogens with zero attached hydrogens (tertiary/aromatic N) is 6. The quantitative estimate of drug-likeness (QED) is 0.500. The normalized spacial score (nSPS) is 16.9. The Balaban J connectivity index is 1.55. The minimum absolute atomic E-state index is 0.198. The number of pyridine rings is 1. The highest BCUT2D eigenvalue weighted by molar-refractivity contribution is 7.89. The number of nitrogens with one attached hydrogen (secondary N) is 1. The van der Waals surface area contributed by atoms with Crippen LogP contribution in [-0.2, 0) is 23.6 Å². The van der Waals surface area contributed by atoms with Gasteiger partial charge in [0.15, 0.2) is 11.6 Å². The van der Waals surface area contributed by atoms with Crippen LogP contribution in [0, 0.1) is 6.92 Å². The van der Waals surface area contributed by atoms with E-state index in [1.807, 2.05) is 48.9 Å². The number of likely N-dealkylation sites (N-methyl/N-ethyl adjacent to an activating group) is 1. The third kappa shape index (κ3) is 4.84. The van der Waals surface area contributed by atoms with Crippen LogP contribution >= 0.6 is 0 Å². The van der Waals surface area contributed by atoms with Gasteiger partial charge in [0.1, 0.15) is 10.7 Å². The molecule has 1 saturated heterocycles. The molecule has 9 nitrogen and oxygen atoms in total. The maximum atomic E-state index is 13.6. The number of aryl methyl sites for hydroxylation is 1. The van der Waals surface area contributed by atoms with E-state index in [0.29, 0.717) is 31.3 Å². The number of aromatic nitrogens is 4. The molecule has 0 bridgehead atoms. The summed E-state index contributed by atoms with van der Waals surface area (Å²) in [5.41, 5.74) is 1.71. The Kier molecular flexibility index (Phi) is 7.30. The first-order valence-electron chi connectivity index (χ1n) is 11.7. The summed E-state index contributed by atoms with van der Waals surface area (Å²) in [5, 5.41) is 11.8. The van der Waals surface area contributed by atoms with Crippen LogP contribution in [0.25, 0.3) is 11.4 Å². The largest absolute Gasteiger partial charge is 0.362 e. The van der Waals surface area contributed by atoms with Crippen molar-refractivity contribution >= 4 is 15.8 Å². The number of rotatable bonds is 9. The summed E-state index contributed by atoms with van der Waals surface area (Å²) < 4.78 is 30.6. The second-order valence-electron chi connectivity index (χ2n) is 8.54. The van der Waals surface area contributed by atoms with Crippen LogP contribution in [-0.4, -0.2) is 69.6 Å². The number of benzene rings is 1. The van der Waals surface area contributed by atoms with Gasteiger partial charge in [-0.25, -0.2) is 13.4 Å². The Morgan fingerprint density at radius 1 is 1.09 bits per heavy atom. The van der Waals surface area contributed by atoms with E-state index < -0.39 is 10.0 Å². The summed E-state index contributed by atoms with van der Waals surface area (Å²) in [5.74, 6) is 1.78. The lowest BCUT2D eigenvalue weighted by atomic mass is 10.2. The number of sulfonamides is 1. The summed E-state index contributed by atoms with van der Waals surface area (Å²) in [6.07, 6.45) is 0.837. The van der Waals surface area contributed by atoms with Gasteiger partial charge in [-0.3, -0.25) is 4.90 Å². The van der Waals surface area contributed by atoms with Crippen molar-refractivity contribution in [1.29, 1.82) is 0 Å². The van der Waals surface area contributed by atoms with Crippen molar-refractivity contribution in [2.75, 3.05) is 31.5 Å². The highest BCUT2D eigenvalue weighted by atomic mass is 32.2. The molecule has 0 radical (unpaired) electrons. The van der Waals surface area contributed by atoms with Gasteiger partial charge in [-0.15, -0.1) is 10.2 Å². The fourth-order valence-corrected chi connectivity index (χ4v) is 6.10. The molecule has 1 aliphatic heterocycles. The molecule has 0 spiro atoms. The second kappa shape index (κ2) is 10.2. The van der Waals surface area contributed by atoms with Crippen molar-refractivity contribution in [2.45, 2.75) is 44.7 Å². The first-order chi connectivity index (χ1) is 16.3. The molecule has 182 valence electrons. The first-order valence-corrected chi connectivity index (χ1v) is 13.2. The third-order valence-electron chi connectivity index (χ3n) is 6.48. The third-order valence-corrected chi connectivity index (χ3v) is 8.38. The highest BCUT2D eigenvalue weighted by Crippen LogP contribution is 2.28. The summed E-state index contributed by atoms with van der Waals surface area (Å²) in [6.45, 7) is 9.22. The molecule has 0 aliphatic carbocycles. The van der Waals surface area contributed by atoms with Crippen molar-refractivity contribution in [2.24, 2.45) is 7.05 Å². The van der Waals surface area contributed by atoms with E-state index >= 15 is 0 Å². The molecule has 1 aromatic carbocycles. The summed E-state index contributed by atoms with van der Waals surface area (Å²) >= 11 is 0. The van der Waals surface area contributed by atoms with Gasteiger partial charge in [0, 0.05) is 37.4 Å². The number of hydrogen-bond acceptors (Lipinski definition) is 7. The van der Waals surface area contributed by atoms with E-state index in [1.54, 1.807) is 16.4 Å². The second-order valence-corrected chi connectivity index (χ2v) is 10.5. The van der Waals surface area contributed by atoms with Crippen LogP contribution in [0.5, 0.6) is 0 Å². The van der Waals surface area contributed by atoms with Crippen LogP contribution in [0.15, 0.2) is 47.4 Å². The van der Waals surface area contributed by atoms with Crippen LogP contribution in [0.3, 0.4) is 0 Å². The molecule has 4 rings (SSSR count). The van der Waals surface area contributed by atoms with Gasteiger partial charge in [-0.1, -0.05) is 44.2 Å². The maximum Gasteiger partial charge on any atom is 0.246 e. The van der Waals surface area contributed by atoms with E-state index in [1.165, 1.54) is 0 Å². The van der Waals surface area contributed by atoms with E-state index in [-0.39, 0.29) is 10.9 Å². The molecule has 3 heterocycles. The summed E-state index contributed by atoms with van der Waals surface area (Å²) in [4.78, 5) is 7.04. The smallest absolute Gasteiger partial charge is 0.246 e. The van der Waals surface area contributed by atoms with Crippen molar-refractivity contribution in [1.82, 2.24) is 29.0 Å². The zero-order chi connectivity index (χ0) is 24.3. The molecule has 3 aromatic rings. The Morgan fingerprint density at radius 2 is 1.82 bits per heavy atom. The van der Waals surface area contributed by atoms with Gasteiger partial charge >= 0.3 is 0 Å². The molecule has 1 unspecified atom stereocenters. The van der Waals surface area contributed by atoms with Gasteiger partial charge in [-0.2, -0.15) is 4.31 Å². The molecule has 0 saturated carbocycles. The van der Waals surface area contributed by atoms with Gasteiger partial charge in [-0.05, 0) is 38.6 Å². The SMILES string of the molecule is CCN(CC)C1CCN(S(=O)(=O)c2ccc(C)nc2NCc2nnc(-c3ccccc3)n2C)C1. The highest BCUT2D eigenvalue weighted by Gasteiger charge is 2.36. The maximum absolute atomic E-state index is 13.6. The molecule has 1 fully saturated rings.